The molecule has 1 aromatic rings. The maximum absolute atomic E-state index is 12.1. The Morgan fingerprint density at radius 2 is 1.92 bits per heavy atom. The van der Waals surface area contributed by atoms with Gasteiger partial charge in [-0.2, -0.15) is 0 Å². The predicted octanol–water partition coefficient (Wildman–Crippen LogP) is 2.11. The summed E-state index contributed by atoms with van der Waals surface area (Å²) in [4.78, 5) is 25.0. The Balaban J connectivity index is 2.51. The highest BCUT2D eigenvalue weighted by Gasteiger charge is 2.17. The van der Waals surface area contributed by atoms with Gasteiger partial charge in [-0.05, 0) is 38.5 Å². The van der Waals surface area contributed by atoms with Crippen molar-refractivity contribution in [2.24, 2.45) is 5.73 Å². The predicted molar refractivity (Wildman–Crippen MR) is 93.8 cm³/mol. The Morgan fingerprint density at radius 3 is 2.48 bits per heavy atom. The number of hydrogen-bond donors (Lipinski definition) is 2. The minimum absolute atomic E-state index is 0.240. The van der Waals surface area contributed by atoms with Crippen LogP contribution in [-0.2, 0) is 11.3 Å². The van der Waals surface area contributed by atoms with Gasteiger partial charge in [-0.1, -0.05) is 6.07 Å². The summed E-state index contributed by atoms with van der Waals surface area (Å²) in [7, 11) is 3.06. The number of ether oxygens (including phenoxy) is 3. The molecule has 8 heteroatoms. The molecule has 0 aromatic heterocycles. The Kier molecular flexibility index (Phi) is 7.50. The smallest absolute Gasteiger partial charge is 0.415 e. The van der Waals surface area contributed by atoms with E-state index < -0.39 is 17.8 Å². The summed E-state index contributed by atoms with van der Waals surface area (Å²) in [6, 6.07) is 5.10. The molecular weight excluding hydrogens is 326 g/mol. The van der Waals surface area contributed by atoms with Gasteiger partial charge in [0, 0.05) is 26.7 Å². The number of nitrogens with zero attached hydrogens (tertiary/aromatic N) is 1. The summed E-state index contributed by atoms with van der Waals surface area (Å²) in [5.74, 6) is 0.730. The van der Waals surface area contributed by atoms with E-state index in [1.807, 2.05) is 0 Å². The van der Waals surface area contributed by atoms with Gasteiger partial charge in [0.05, 0.1) is 7.11 Å². The van der Waals surface area contributed by atoms with Crippen molar-refractivity contribution in [1.29, 1.82) is 0 Å². The second kappa shape index (κ2) is 9.12. The quantitative estimate of drug-likeness (QED) is 0.812. The first-order valence-electron chi connectivity index (χ1n) is 7.93. The zero-order valence-electron chi connectivity index (χ0n) is 15.4. The Bertz CT molecular complexity index is 598. The lowest BCUT2D eigenvalue weighted by atomic mass is 10.2. The van der Waals surface area contributed by atoms with Gasteiger partial charge in [0.25, 0.3) is 0 Å². The molecule has 0 aliphatic rings. The molecule has 0 atom stereocenters. The SMILES string of the molecule is COc1cc(CN)ccc1OC(=O)N(C)CCNC(=O)OC(C)(C)C. The number of likely N-dealkylation sites (N-methyl/N-ethyl adjacent to an activating group) is 1. The Labute approximate surface area is 148 Å². The fourth-order valence-corrected chi connectivity index (χ4v) is 1.83. The fraction of sp³-hybridized carbons (Fsp3) is 0.529. The lowest BCUT2D eigenvalue weighted by Gasteiger charge is -2.21. The average Bonchev–Trinajstić information content (AvgIpc) is 2.53. The van der Waals surface area contributed by atoms with Gasteiger partial charge in [0.1, 0.15) is 5.60 Å². The fourth-order valence-electron chi connectivity index (χ4n) is 1.83. The first kappa shape index (κ1) is 20.6. The van der Waals surface area contributed by atoms with Gasteiger partial charge in [0.15, 0.2) is 11.5 Å². The summed E-state index contributed by atoms with van der Waals surface area (Å²) in [5, 5.41) is 2.58. The highest BCUT2D eigenvalue weighted by molar-refractivity contribution is 5.72. The van der Waals surface area contributed by atoms with Gasteiger partial charge in [-0.25, -0.2) is 9.59 Å². The summed E-state index contributed by atoms with van der Waals surface area (Å²) in [5.41, 5.74) is 5.87. The van der Waals surface area contributed by atoms with Crippen molar-refractivity contribution in [2.75, 3.05) is 27.2 Å². The first-order chi connectivity index (χ1) is 11.7. The van der Waals surface area contributed by atoms with Crippen molar-refractivity contribution >= 4 is 12.2 Å². The minimum atomic E-state index is -0.568. The average molecular weight is 353 g/mol. The minimum Gasteiger partial charge on any atom is -0.493 e. The molecule has 25 heavy (non-hydrogen) atoms. The van der Waals surface area contributed by atoms with Crippen LogP contribution in [0.3, 0.4) is 0 Å². The third kappa shape index (κ3) is 7.30. The number of carbonyl (C=O) groups is 2. The molecule has 140 valence electrons. The topological polar surface area (TPSA) is 103 Å². The molecule has 0 heterocycles. The van der Waals surface area contributed by atoms with Crippen LogP contribution in [0.5, 0.6) is 11.5 Å². The van der Waals surface area contributed by atoms with Crippen LogP contribution in [0, 0.1) is 0 Å². The maximum Gasteiger partial charge on any atom is 0.415 e. The zero-order chi connectivity index (χ0) is 19.0. The number of alkyl carbamates (subject to hydrolysis) is 1. The van der Waals surface area contributed by atoms with Gasteiger partial charge in [-0.3, -0.25) is 0 Å². The second-order valence-corrected chi connectivity index (χ2v) is 6.41. The Morgan fingerprint density at radius 1 is 1.24 bits per heavy atom. The van der Waals surface area contributed by atoms with Crippen molar-refractivity contribution in [3.05, 3.63) is 23.8 Å². The van der Waals surface area contributed by atoms with E-state index in [1.165, 1.54) is 12.0 Å². The van der Waals surface area contributed by atoms with E-state index in [9.17, 15) is 9.59 Å². The van der Waals surface area contributed by atoms with Crippen molar-refractivity contribution in [3.8, 4) is 11.5 Å². The van der Waals surface area contributed by atoms with Crippen LogP contribution in [0.2, 0.25) is 0 Å². The van der Waals surface area contributed by atoms with Crippen LogP contribution >= 0.6 is 0 Å². The van der Waals surface area contributed by atoms with Crippen molar-refractivity contribution in [3.63, 3.8) is 0 Å². The van der Waals surface area contributed by atoms with Crippen molar-refractivity contribution in [2.45, 2.75) is 32.9 Å². The third-order valence-electron chi connectivity index (χ3n) is 3.09. The van der Waals surface area contributed by atoms with Gasteiger partial charge in [0.2, 0.25) is 0 Å². The molecule has 0 bridgehead atoms. The molecule has 2 amide bonds. The largest absolute Gasteiger partial charge is 0.493 e. The standard InChI is InChI=1S/C17H27N3O5/c1-17(2,3)25-15(21)19-8-9-20(4)16(22)24-13-7-6-12(11-18)10-14(13)23-5/h6-7,10H,8-9,11,18H2,1-5H3,(H,19,21). The van der Waals surface area contributed by atoms with Crippen LogP contribution in [0.25, 0.3) is 0 Å². The first-order valence-corrected chi connectivity index (χ1v) is 7.93. The summed E-state index contributed by atoms with van der Waals surface area (Å²) >= 11 is 0. The van der Waals surface area contributed by atoms with E-state index in [1.54, 1.807) is 46.0 Å². The molecule has 0 radical (unpaired) electrons. The molecule has 0 saturated heterocycles. The van der Waals surface area contributed by atoms with Crippen LogP contribution in [0.4, 0.5) is 9.59 Å². The molecule has 8 nitrogen and oxygen atoms in total. The van der Waals surface area contributed by atoms with Gasteiger partial charge in [-0.15, -0.1) is 0 Å². The lowest BCUT2D eigenvalue weighted by Crippen LogP contribution is -2.39. The normalized spacial score (nSPS) is 10.8. The molecule has 1 aromatic carbocycles. The highest BCUT2D eigenvalue weighted by atomic mass is 16.6. The van der Waals surface area contributed by atoms with E-state index in [4.69, 9.17) is 19.9 Å². The van der Waals surface area contributed by atoms with Crippen molar-refractivity contribution in [1.82, 2.24) is 10.2 Å². The van der Waals surface area contributed by atoms with Gasteiger partial charge >= 0.3 is 12.2 Å². The van der Waals surface area contributed by atoms with E-state index in [0.29, 0.717) is 18.0 Å². The molecule has 3 N–H and O–H groups in total. The number of amides is 2. The molecule has 0 fully saturated rings. The third-order valence-corrected chi connectivity index (χ3v) is 3.09. The number of methoxy groups -OCH3 is 1. The summed E-state index contributed by atoms with van der Waals surface area (Å²) < 4.78 is 15.6. The summed E-state index contributed by atoms with van der Waals surface area (Å²) in [6.07, 6.45) is -1.10. The maximum atomic E-state index is 12.1. The Hall–Kier alpha value is -2.48. The molecular formula is C17H27N3O5. The highest BCUT2D eigenvalue weighted by Crippen LogP contribution is 2.28. The van der Waals surface area contributed by atoms with Crippen LogP contribution < -0.4 is 20.5 Å². The van der Waals surface area contributed by atoms with E-state index >= 15 is 0 Å². The molecule has 0 spiro atoms. The molecule has 0 aliphatic heterocycles. The van der Waals surface area contributed by atoms with Crippen LogP contribution in [0.15, 0.2) is 18.2 Å². The number of nitrogens with two attached hydrogens (primary N) is 1. The zero-order valence-corrected chi connectivity index (χ0v) is 15.4. The van der Waals surface area contributed by atoms with E-state index in [0.717, 1.165) is 5.56 Å². The molecule has 0 aliphatic carbocycles. The van der Waals surface area contributed by atoms with E-state index in [2.05, 4.69) is 5.32 Å². The van der Waals surface area contributed by atoms with E-state index in [-0.39, 0.29) is 13.1 Å². The van der Waals surface area contributed by atoms with Crippen LogP contribution in [0.1, 0.15) is 26.3 Å². The number of carbonyl (C=O) groups excluding carboxylic acids is 2. The number of benzene rings is 1. The lowest BCUT2D eigenvalue weighted by molar-refractivity contribution is 0.0523. The molecule has 0 unspecified atom stereocenters. The molecule has 0 saturated carbocycles. The molecule has 1 rings (SSSR count). The number of hydrogen-bond acceptors (Lipinski definition) is 6. The number of nitrogens with one attached hydrogen (secondary N) is 1. The van der Waals surface area contributed by atoms with Gasteiger partial charge < -0.3 is 30.2 Å². The van der Waals surface area contributed by atoms with Crippen LogP contribution in [-0.4, -0.2) is 49.9 Å². The summed E-state index contributed by atoms with van der Waals surface area (Å²) in [6.45, 7) is 6.20. The number of rotatable bonds is 6. The second-order valence-electron chi connectivity index (χ2n) is 6.41. The monoisotopic (exact) mass is 353 g/mol. The van der Waals surface area contributed by atoms with Crippen molar-refractivity contribution < 1.29 is 23.8 Å².